The second-order valence-corrected chi connectivity index (χ2v) is 9.29. The number of nitrogens with one attached hydrogen (secondary N) is 1. The lowest BCUT2D eigenvalue weighted by atomic mass is 9.47. The third-order valence-electron chi connectivity index (χ3n) is 8.69. The lowest BCUT2D eigenvalue weighted by Crippen LogP contribution is -2.54. The van der Waals surface area contributed by atoms with Crippen LogP contribution in [0.3, 0.4) is 0 Å². The molecule has 0 aromatic carbocycles. The fourth-order valence-corrected chi connectivity index (χ4v) is 7.31. The molecule has 7 atom stereocenters. The molecule has 0 spiro atoms. The van der Waals surface area contributed by atoms with E-state index in [1.54, 1.807) is 6.08 Å². The van der Waals surface area contributed by atoms with Crippen molar-refractivity contribution in [3.63, 3.8) is 0 Å². The quantitative estimate of drug-likeness (QED) is 0.825. The Bertz CT molecular complexity index is 624. The lowest BCUT2D eigenvalue weighted by molar-refractivity contribution is -0.111. The molecule has 138 valence electrons. The highest BCUT2D eigenvalue weighted by Crippen LogP contribution is 2.66. The highest BCUT2D eigenvalue weighted by atomic mass is 16.3. The van der Waals surface area contributed by atoms with Crippen LogP contribution in [0.15, 0.2) is 23.8 Å². The first-order valence-electron chi connectivity index (χ1n) is 10.2. The number of aliphatic hydroxyl groups excluding tert-OH is 1. The summed E-state index contributed by atoms with van der Waals surface area (Å²) in [7, 11) is 2.05. The monoisotopic (exact) mass is 343 g/mol. The largest absolute Gasteiger partial charge is 0.396 e. The van der Waals surface area contributed by atoms with Crippen LogP contribution in [-0.2, 0) is 4.79 Å². The fraction of sp³-hybridized carbons (Fsp3) is 0.773. The second kappa shape index (κ2) is 6.06. The van der Waals surface area contributed by atoms with Crippen LogP contribution >= 0.6 is 0 Å². The summed E-state index contributed by atoms with van der Waals surface area (Å²) in [5.41, 5.74) is 1.52. The molecule has 3 fully saturated rings. The number of rotatable bonds is 3. The molecule has 0 amide bonds. The van der Waals surface area contributed by atoms with Crippen LogP contribution in [0.4, 0.5) is 0 Å². The van der Waals surface area contributed by atoms with Crippen LogP contribution in [0.2, 0.25) is 0 Å². The van der Waals surface area contributed by atoms with Crippen LogP contribution in [0, 0.1) is 34.5 Å². The van der Waals surface area contributed by atoms with E-state index in [-0.39, 0.29) is 16.6 Å². The highest BCUT2D eigenvalue weighted by molar-refractivity contribution is 6.01. The summed E-state index contributed by atoms with van der Waals surface area (Å²) in [6.07, 6.45) is 13.0. The molecule has 3 nitrogen and oxygen atoms in total. The summed E-state index contributed by atoms with van der Waals surface area (Å²) < 4.78 is 0. The molecule has 2 N–H and O–H groups in total. The van der Waals surface area contributed by atoms with Gasteiger partial charge in [-0.05, 0) is 88.3 Å². The molecule has 0 heterocycles. The van der Waals surface area contributed by atoms with Gasteiger partial charge in [0.2, 0.25) is 0 Å². The average Bonchev–Trinajstić information content (AvgIpc) is 3.01. The Morgan fingerprint density at radius 2 is 2.08 bits per heavy atom. The van der Waals surface area contributed by atoms with Crippen LogP contribution in [0.1, 0.15) is 52.4 Å². The normalized spacial score (nSPS) is 46.9. The lowest BCUT2D eigenvalue weighted by Gasteiger charge is -2.58. The van der Waals surface area contributed by atoms with E-state index in [0.717, 1.165) is 12.8 Å². The number of aliphatic hydroxyl groups is 1. The van der Waals surface area contributed by atoms with Crippen LogP contribution in [0.25, 0.3) is 0 Å². The Morgan fingerprint density at radius 1 is 1.28 bits per heavy atom. The summed E-state index contributed by atoms with van der Waals surface area (Å²) in [4.78, 5) is 11.8. The van der Waals surface area contributed by atoms with E-state index in [1.165, 1.54) is 31.3 Å². The number of allylic oxidation sites excluding steroid dienone is 4. The van der Waals surface area contributed by atoms with Gasteiger partial charge in [0.1, 0.15) is 0 Å². The molecule has 0 radical (unpaired) electrons. The Kier molecular flexibility index (Phi) is 4.24. The van der Waals surface area contributed by atoms with E-state index >= 15 is 0 Å². The van der Waals surface area contributed by atoms with E-state index in [9.17, 15) is 9.90 Å². The molecule has 0 unspecified atom stereocenters. The SMILES string of the molecule is CN[C@@H](C)[C@H]1CC[C@H]2[C@H]3CCC4=CC(=O)C=C[C@]4(C)[C@@H]3CC[C@]12CO. The number of ketones is 1. The van der Waals surface area contributed by atoms with Crippen molar-refractivity contribution in [2.24, 2.45) is 34.5 Å². The predicted molar refractivity (Wildman–Crippen MR) is 100 cm³/mol. The van der Waals surface area contributed by atoms with Gasteiger partial charge in [-0.25, -0.2) is 0 Å². The molecule has 0 aliphatic heterocycles. The highest BCUT2D eigenvalue weighted by Gasteiger charge is 2.60. The Morgan fingerprint density at radius 3 is 2.80 bits per heavy atom. The molecule has 3 saturated carbocycles. The van der Waals surface area contributed by atoms with Gasteiger partial charge in [-0.3, -0.25) is 4.79 Å². The zero-order chi connectivity index (χ0) is 17.8. The van der Waals surface area contributed by atoms with Crippen molar-refractivity contribution in [1.82, 2.24) is 5.32 Å². The van der Waals surface area contributed by atoms with Gasteiger partial charge in [0.15, 0.2) is 5.78 Å². The number of hydrogen-bond donors (Lipinski definition) is 2. The summed E-state index contributed by atoms with van der Waals surface area (Å²) in [6, 6.07) is 0.468. The zero-order valence-electron chi connectivity index (χ0n) is 15.9. The Balaban J connectivity index is 1.67. The maximum absolute atomic E-state index is 11.8. The second-order valence-electron chi connectivity index (χ2n) is 9.29. The third-order valence-corrected chi connectivity index (χ3v) is 8.69. The van der Waals surface area contributed by atoms with E-state index in [0.29, 0.717) is 36.3 Å². The van der Waals surface area contributed by atoms with Gasteiger partial charge in [0.05, 0.1) is 0 Å². The number of hydrogen-bond acceptors (Lipinski definition) is 3. The van der Waals surface area contributed by atoms with E-state index < -0.39 is 0 Å². The molecule has 4 aliphatic carbocycles. The average molecular weight is 344 g/mol. The molecule has 0 aromatic rings. The number of fused-ring (bicyclic) bond motifs is 5. The maximum atomic E-state index is 11.8. The van der Waals surface area contributed by atoms with Gasteiger partial charge in [0.25, 0.3) is 0 Å². The first kappa shape index (κ1) is 17.5. The minimum Gasteiger partial charge on any atom is -0.396 e. The van der Waals surface area contributed by atoms with Crippen LogP contribution < -0.4 is 5.32 Å². The van der Waals surface area contributed by atoms with Crippen molar-refractivity contribution < 1.29 is 9.90 Å². The fourth-order valence-electron chi connectivity index (χ4n) is 7.31. The first-order valence-corrected chi connectivity index (χ1v) is 10.2. The Labute approximate surface area is 152 Å². The summed E-state index contributed by atoms with van der Waals surface area (Å²) in [6.45, 7) is 4.98. The maximum Gasteiger partial charge on any atom is 0.178 e. The Hall–Kier alpha value is -0.930. The molecule has 0 aromatic heterocycles. The van der Waals surface area contributed by atoms with E-state index in [2.05, 4.69) is 32.3 Å². The van der Waals surface area contributed by atoms with Gasteiger partial charge in [-0.15, -0.1) is 0 Å². The van der Waals surface area contributed by atoms with Crippen LogP contribution in [-0.4, -0.2) is 30.6 Å². The number of carbonyl (C=O) groups is 1. The van der Waals surface area contributed by atoms with Crippen molar-refractivity contribution in [1.29, 1.82) is 0 Å². The molecule has 25 heavy (non-hydrogen) atoms. The molecular formula is C22H33NO2. The molecule has 0 saturated heterocycles. The summed E-state index contributed by atoms with van der Waals surface area (Å²) >= 11 is 0. The minimum atomic E-state index is 0.0607. The topological polar surface area (TPSA) is 49.3 Å². The first-order chi connectivity index (χ1) is 12.0. The van der Waals surface area contributed by atoms with Gasteiger partial charge < -0.3 is 10.4 Å². The van der Waals surface area contributed by atoms with Gasteiger partial charge in [-0.1, -0.05) is 18.6 Å². The molecule has 4 aliphatic rings. The van der Waals surface area contributed by atoms with Crippen LogP contribution in [0.5, 0.6) is 0 Å². The molecule has 0 bridgehead atoms. The van der Waals surface area contributed by atoms with Crippen molar-refractivity contribution in [3.05, 3.63) is 23.8 Å². The smallest absolute Gasteiger partial charge is 0.178 e. The van der Waals surface area contributed by atoms with Crippen molar-refractivity contribution in [3.8, 4) is 0 Å². The van der Waals surface area contributed by atoms with E-state index in [1.807, 2.05) is 6.08 Å². The summed E-state index contributed by atoms with van der Waals surface area (Å²) in [5, 5.41) is 14.0. The number of carbonyl (C=O) groups excluding carboxylic acids is 1. The molecular weight excluding hydrogens is 310 g/mol. The third kappa shape index (κ3) is 2.35. The van der Waals surface area contributed by atoms with Crippen molar-refractivity contribution in [2.45, 2.75) is 58.4 Å². The van der Waals surface area contributed by atoms with E-state index in [4.69, 9.17) is 0 Å². The molecule has 4 rings (SSSR count). The zero-order valence-corrected chi connectivity index (χ0v) is 15.9. The summed E-state index contributed by atoms with van der Waals surface area (Å²) in [5.74, 6) is 2.71. The van der Waals surface area contributed by atoms with Gasteiger partial charge >= 0.3 is 0 Å². The van der Waals surface area contributed by atoms with Gasteiger partial charge in [-0.2, -0.15) is 0 Å². The molecule has 3 heteroatoms. The minimum absolute atomic E-state index is 0.0607. The predicted octanol–water partition coefficient (Wildman–Crippen LogP) is 3.49. The van der Waals surface area contributed by atoms with Crippen molar-refractivity contribution >= 4 is 5.78 Å². The van der Waals surface area contributed by atoms with Gasteiger partial charge in [0, 0.05) is 23.5 Å². The van der Waals surface area contributed by atoms with Crippen molar-refractivity contribution in [2.75, 3.05) is 13.7 Å². The standard InChI is InChI=1S/C22H33NO2/c1-14(23-3)18-6-7-20-17-5-4-15-12-16(25)8-10-21(15,2)19(17)9-11-22(18,20)13-24/h8,10,12,14,17-20,23-24H,4-7,9,11,13H2,1-3H3/t14-,17-,18+,19+,20-,21-,22-/m0/s1.